The van der Waals surface area contributed by atoms with Gasteiger partial charge in [0.25, 0.3) is 0 Å². The summed E-state index contributed by atoms with van der Waals surface area (Å²) < 4.78 is 38.5. The fraction of sp³-hybridized carbons (Fsp3) is 0.500. The molecule has 1 N–H and O–H groups in total. The van der Waals surface area contributed by atoms with Crippen LogP contribution in [0.3, 0.4) is 0 Å². The van der Waals surface area contributed by atoms with Crippen LogP contribution in [0, 0.1) is 0 Å². The number of piperidine rings is 1. The summed E-state index contributed by atoms with van der Waals surface area (Å²) in [5.41, 5.74) is -1.06. The number of carbonyl (C=O) groups is 1. The van der Waals surface area contributed by atoms with Crippen molar-refractivity contribution in [2.24, 2.45) is 0 Å². The number of hydrogen-bond acceptors (Lipinski definition) is 2. The Balaban J connectivity index is 2.14. The molecule has 1 heterocycles. The van der Waals surface area contributed by atoms with Gasteiger partial charge >= 0.3 is 6.18 Å². The van der Waals surface area contributed by atoms with Gasteiger partial charge in [-0.1, -0.05) is 24.6 Å². The Morgan fingerprint density at radius 1 is 1.26 bits per heavy atom. The fourth-order valence-corrected chi connectivity index (χ4v) is 2.41. The van der Waals surface area contributed by atoms with E-state index in [-0.39, 0.29) is 18.0 Å². The number of halogens is 3. The molecular weight excluding hydrogens is 255 g/mol. The molecule has 1 fully saturated rings. The number of Topliss-reactive ketones (excluding diaryl/α,β-unsaturated/α-hetero) is 1. The van der Waals surface area contributed by atoms with E-state index in [0.29, 0.717) is 0 Å². The third-order valence-corrected chi connectivity index (χ3v) is 3.38. The Bertz CT molecular complexity index is 450. The molecule has 0 aromatic heterocycles. The first kappa shape index (κ1) is 14.1. The van der Waals surface area contributed by atoms with E-state index in [2.05, 4.69) is 5.32 Å². The van der Waals surface area contributed by atoms with Gasteiger partial charge in [-0.05, 0) is 25.5 Å². The van der Waals surface area contributed by atoms with Crippen molar-refractivity contribution in [3.63, 3.8) is 0 Å². The highest BCUT2D eigenvalue weighted by atomic mass is 19.4. The van der Waals surface area contributed by atoms with Crippen molar-refractivity contribution in [3.8, 4) is 0 Å². The second kappa shape index (κ2) is 5.74. The largest absolute Gasteiger partial charge is 0.417 e. The number of rotatable bonds is 3. The highest BCUT2D eigenvalue weighted by Gasteiger charge is 2.35. The average Bonchev–Trinajstić information content (AvgIpc) is 2.39. The Kier molecular flexibility index (Phi) is 4.24. The number of benzene rings is 1. The molecule has 0 amide bonds. The first-order valence-electron chi connectivity index (χ1n) is 6.41. The first-order valence-corrected chi connectivity index (χ1v) is 6.41. The van der Waals surface area contributed by atoms with Gasteiger partial charge in [0.1, 0.15) is 0 Å². The zero-order valence-corrected chi connectivity index (χ0v) is 10.5. The van der Waals surface area contributed by atoms with E-state index in [9.17, 15) is 18.0 Å². The summed E-state index contributed by atoms with van der Waals surface area (Å²) in [7, 11) is 0. The predicted molar refractivity (Wildman–Crippen MR) is 66.0 cm³/mol. The topological polar surface area (TPSA) is 29.1 Å². The van der Waals surface area contributed by atoms with E-state index in [1.165, 1.54) is 18.2 Å². The van der Waals surface area contributed by atoms with Crippen LogP contribution in [-0.2, 0) is 6.18 Å². The standard InChI is InChI=1S/C14H16F3NO/c15-14(16,17)12-7-2-1-6-11(12)13(19)9-10-5-3-4-8-18-10/h1-2,6-7,10,18H,3-5,8-9H2. The quantitative estimate of drug-likeness (QED) is 0.853. The van der Waals surface area contributed by atoms with Gasteiger partial charge in [-0.3, -0.25) is 4.79 Å². The van der Waals surface area contributed by atoms with Crippen LogP contribution in [0.5, 0.6) is 0 Å². The van der Waals surface area contributed by atoms with Gasteiger partial charge in [-0.25, -0.2) is 0 Å². The normalized spacial score (nSPS) is 20.3. The van der Waals surface area contributed by atoms with Crippen molar-refractivity contribution in [2.45, 2.75) is 37.9 Å². The van der Waals surface area contributed by atoms with E-state index >= 15 is 0 Å². The number of nitrogens with one attached hydrogen (secondary N) is 1. The lowest BCUT2D eigenvalue weighted by Gasteiger charge is -2.23. The summed E-state index contributed by atoms with van der Waals surface area (Å²) >= 11 is 0. The molecular formula is C14H16F3NO. The number of carbonyl (C=O) groups excluding carboxylic acids is 1. The molecule has 0 bridgehead atoms. The molecule has 1 aliphatic rings. The average molecular weight is 271 g/mol. The van der Waals surface area contributed by atoms with Crippen molar-refractivity contribution >= 4 is 5.78 Å². The van der Waals surface area contributed by atoms with Gasteiger partial charge in [0.2, 0.25) is 0 Å². The Hall–Kier alpha value is -1.36. The molecule has 1 aliphatic heterocycles. The maximum atomic E-state index is 12.8. The Labute approximate surface area is 110 Å². The summed E-state index contributed by atoms with van der Waals surface area (Å²) in [4.78, 5) is 12.0. The fourth-order valence-electron chi connectivity index (χ4n) is 2.41. The van der Waals surface area contributed by atoms with Crippen LogP contribution in [0.15, 0.2) is 24.3 Å². The molecule has 1 unspecified atom stereocenters. The smallest absolute Gasteiger partial charge is 0.314 e. The molecule has 0 spiro atoms. The van der Waals surface area contributed by atoms with E-state index in [1.54, 1.807) is 0 Å². The maximum Gasteiger partial charge on any atom is 0.417 e. The third kappa shape index (κ3) is 3.56. The van der Waals surface area contributed by atoms with Crippen LogP contribution in [0.1, 0.15) is 41.6 Å². The number of hydrogen-bond donors (Lipinski definition) is 1. The van der Waals surface area contributed by atoms with Gasteiger partial charge in [-0.15, -0.1) is 0 Å². The summed E-state index contributed by atoms with van der Waals surface area (Å²) in [5.74, 6) is -0.438. The zero-order valence-electron chi connectivity index (χ0n) is 10.5. The molecule has 0 aliphatic carbocycles. The molecule has 2 rings (SSSR count). The van der Waals surface area contributed by atoms with E-state index in [1.807, 2.05) is 0 Å². The summed E-state index contributed by atoms with van der Waals surface area (Å²) in [6, 6.07) is 4.99. The van der Waals surface area contributed by atoms with Crippen molar-refractivity contribution in [2.75, 3.05) is 6.54 Å². The van der Waals surface area contributed by atoms with Gasteiger partial charge in [-0.2, -0.15) is 13.2 Å². The molecule has 5 heteroatoms. The van der Waals surface area contributed by atoms with E-state index in [4.69, 9.17) is 0 Å². The SMILES string of the molecule is O=C(CC1CCCCN1)c1ccccc1C(F)(F)F. The number of alkyl halides is 3. The molecule has 1 saturated heterocycles. The molecule has 1 atom stereocenters. The van der Waals surface area contributed by atoms with E-state index in [0.717, 1.165) is 31.9 Å². The molecule has 0 radical (unpaired) electrons. The number of ketones is 1. The van der Waals surface area contributed by atoms with Crippen LogP contribution in [0.25, 0.3) is 0 Å². The van der Waals surface area contributed by atoms with Crippen LogP contribution in [0.4, 0.5) is 13.2 Å². The van der Waals surface area contributed by atoms with Crippen LogP contribution >= 0.6 is 0 Å². The third-order valence-electron chi connectivity index (χ3n) is 3.38. The van der Waals surface area contributed by atoms with Gasteiger partial charge in [0.05, 0.1) is 5.56 Å². The highest BCUT2D eigenvalue weighted by Crippen LogP contribution is 2.32. The molecule has 0 saturated carbocycles. The summed E-state index contributed by atoms with van der Waals surface area (Å²) in [6.07, 6.45) is -1.42. The van der Waals surface area contributed by atoms with E-state index < -0.39 is 17.5 Å². The van der Waals surface area contributed by atoms with Crippen LogP contribution in [-0.4, -0.2) is 18.4 Å². The second-order valence-corrected chi connectivity index (χ2v) is 4.82. The van der Waals surface area contributed by atoms with Crippen LogP contribution < -0.4 is 5.32 Å². The molecule has 19 heavy (non-hydrogen) atoms. The van der Waals surface area contributed by atoms with Gasteiger partial charge < -0.3 is 5.32 Å². The summed E-state index contributed by atoms with van der Waals surface area (Å²) in [6.45, 7) is 0.832. The first-order chi connectivity index (χ1) is 8.98. The maximum absolute atomic E-state index is 12.8. The minimum atomic E-state index is -4.48. The highest BCUT2D eigenvalue weighted by molar-refractivity contribution is 5.98. The molecule has 1 aromatic rings. The lowest BCUT2D eigenvalue weighted by Crippen LogP contribution is -2.36. The van der Waals surface area contributed by atoms with Gasteiger partial charge in [0.15, 0.2) is 5.78 Å². The van der Waals surface area contributed by atoms with Crippen molar-refractivity contribution in [3.05, 3.63) is 35.4 Å². The predicted octanol–water partition coefficient (Wildman–Crippen LogP) is 3.42. The van der Waals surface area contributed by atoms with Crippen LogP contribution in [0.2, 0.25) is 0 Å². The second-order valence-electron chi connectivity index (χ2n) is 4.82. The van der Waals surface area contributed by atoms with Crippen molar-refractivity contribution < 1.29 is 18.0 Å². The van der Waals surface area contributed by atoms with Crippen molar-refractivity contribution in [1.82, 2.24) is 5.32 Å². The zero-order chi connectivity index (χ0) is 13.9. The Morgan fingerprint density at radius 2 is 2.00 bits per heavy atom. The minimum absolute atomic E-state index is 0.00235. The minimum Gasteiger partial charge on any atom is -0.314 e. The lowest BCUT2D eigenvalue weighted by atomic mass is 9.94. The van der Waals surface area contributed by atoms with Gasteiger partial charge in [0, 0.05) is 18.0 Å². The Morgan fingerprint density at radius 3 is 2.63 bits per heavy atom. The summed E-state index contributed by atoms with van der Waals surface area (Å²) in [5, 5.41) is 3.18. The molecule has 1 aromatic carbocycles. The monoisotopic (exact) mass is 271 g/mol. The lowest BCUT2D eigenvalue weighted by molar-refractivity contribution is -0.137. The van der Waals surface area contributed by atoms with Crippen molar-refractivity contribution in [1.29, 1.82) is 0 Å². The molecule has 2 nitrogen and oxygen atoms in total. The molecule has 104 valence electrons.